The lowest BCUT2D eigenvalue weighted by molar-refractivity contribution is 0.175. The summed E-state index contributed by atoms with van der Waals surface area (Å²) in [5.41, 5.74) is 1.42. The first kappa shape index (κ1) is 12.1. The van der Waals surface area contributed by atoms with Gasteiger partial charge in [0.2, 0.25) is 0 Å². The Bertz CT molecular complexity index is 284. The molecule has 1 aromatic heterocycles. The molecule has 16 heavy (non-hydrogen) atoms. The zero-order chi connectivity index (χ0) is 11.2. The number of hydrogen-bond donors (Lipinski definition) is 1. The first-order chi connectivity index (χ1) is 7.86. The van der Waals surface area contributed by atoms with Crippen molar-refractivity contribution in [2.45, 2.75) is 38.3 Å². The number of thiophene rings is 1. The number of piperidine rings is 1. The Hall–Kier alpha value is -0.380. The summed E-state index contributed by atoms with van der Waals surface area (Å²) in [7, 11) is 2.27. The number of nitrogens with one attached hydrogen (secondary N) is 1. The van der Waals surface area contributed by atoms with Crippen molar-refractivity contribution in [3.63, 3.8) is 0 Å². The van der Waals surface area contributed by atoms with Crippen LogP contribution in [0.15, 0.2) is 16.8 Å². The van der Waals surface area contributed by atoms with E-state index in [1.165, 1.54) is 37.8 Å². The Morgan fingerprint density at radius 3 is 3.19 bits per heavy atom. The molecule has 1 fully saturated rings. The summed E-state index contributed by atoms with van der Waals surface area (Å²) in [5.74, 6) is 0. The third kappa shape index (κ3) is 3.58. The minimum atomic E-state index is 0.809. The molecular formula is C13H22N2S. The molecule has 0 bridgehead atoms. The van der Waals surface area contributed by atoms with Crippen LogP contribution < -0.4 is 5.32 Å². The van der Waals surface area contributed by atoms with E-state index >= 15 is 0 Å². The van der Waals surface area contributed by atoms with Gasteiger partial charge in [0, 0.05) is 12.6 Å². The summed E-state index contributed by atoms with van der Waals surface area (Å²) in [4.78, 5) is 2.52. The first-order valence-electron chi connectivity index (χ1n) is 6.28. The van der Waals surface area contributed by atoms with Gasteiger partial charge in [-0.15, -0.1) is 0 Å². The van der Waals surface area contributed by atoms with Crippen LogP contribution in [0.25, 0.3) is 0 Å². The lowest BCUT2D eigenvalue weighted by Gasteiger charge is -2.32. The molecule has 1 saturated heterocycles. The standard InChI is InChI=1S/C13H22N2S/c1-15-8-3-2-4-13(15)5-7-14-10-12-6-9-16-11-12/h6,9,11,13-14H,2-5,7-8,10H2,1H3. The zero-order valence-corrected chi connectivity index (χ0v) is 10.9. The third-order valence-corrected chi connectivity index (χ3v) is 4.22. The molecule has 1 aromatic rings. The molecule has 2 nitrogen and oxygen atoms in total. The minimum Gasteiger partial charge on any atom is -0.313 e. The SMILES string of the molecule is CN1CCCCC1CCNCc1ccsc1. The second-order valence-electron chi connectivity index (χ2n) is 4.73. The lowest BCUT2D eigenvalue weighted by atomic mass is 10.0. The fourth-order valence-electron chi connectivity index (χ4n) is 2.40. The van der Waals surface area contributed by atoms with Crippen LogP contribution in [0.4, 0.5) is 0 Å². The van der Waals surface area contributed by atoms with Crippen LogP contribution in [-0.4, -0.2) is 31.1 Å². The average molecular weight is 238 g/mol. The third-order valence-electron chi connectivity index (χ3n) is 3.49. The van der Waals surface area contributed by atoms with Gasteiger partial charge in [-0.3, -0.25) is 0 Å². The highest BCUT2D eigenvalue weighted by atomic mass is 32.1. The van der Waals surface area contributed by atoms with Gasteiger partial charge in [-0.05, 0) is 61.8 Å². The van der Waals surface area contributed by atoms with Crippen molar-refractivity contribution in [2.24, 2.45) is 0 Å². The van der Waals surface area contributed by atoms with Crippen molar-refractivity contribution >= 4 is 11.3 Å². The van der Waals surface area contributed by atoms with E-state index in [-0.39, 0.29) is 0 Å². The number of rotatable bonds is 5. The van der Waals surface area contributed by atoms with Gasteiger partial charge in [-0.25, -0.2) is 0 Å². The van der Waals surface area contributed by atoms with Crippen LogP contribution in [0.5, 0.6) is 0 Å². The van der Waals surface area contributed by atoms with Gasteiger partial charge in [0.05, 0.1) is 0 Å². The fraction of sp³-hybridized carbons (Fsp3) is 0.692. The molecule has 0 aliphatic carbocycles. The van der Waals surface area contributed by atoms with E-state index < -0.39 is 0 Å². The highest BCUT2D eigenvalue weighted by Crippen LogP contribution is 2.17. The Morgan fingerprint density at radius 2 is 2.44 bits per heavy atom. The van der Waals surface area contributed by atoms with Crippen LogP contribution in [0.3, 0.4) is 0 Å². The van der Waals surface area contributed by atoms with Gasteiger partial charge in [-0.1, -0.05) is 6.42 Å². The van der Waals surface area contributed by atoms with Crippen LogP contribution in [0, 0.1) is 0 Å². The quantitative estimate of drug-likeness (QED) is 0.794. The second kappa shape index (κ2) is 6.38. The molecule has 1 N–H and O–H groups in total. The maximum atomic E-state index is 3.54. The largest absolute Gasteiger partial charge is 0.313 e. The lowest BCUT2D eigenvalue weighted by Crippen LogP contribution is -2.38. The normalized spacial score (nSPS) is 22.4. The monoisotopic (exact) mass is 238 g/mol. The van der Waals surface area contributed by atoms with Crippen LogP contribution in [0.2, 0.25) is 0 Å². The summed E-state index contributed by atoms with van der Waals surface area (Å²) < 4.78 is 0. The summed E-state index contributed by atoms with van der Waals surface area (Å²) in [5, 5.41) is 7.90. The number of nitrogens with zero attached hydrogens (tertiary/aromatic N) is 1. The van der Waals surface area contributed by atoms with Gasteiger partial charge < -0.3 is 10.2 Å². The molecule has 0 aromatic carbocycles. The van der Waals surface area contributed by atoms with Gasteiger partial charge in [-0.2, -0.15) is 11.3 Å². The Morgan fingerprint density at radius 1 is 1.50 bits per heavy atom. The van der Waals surface area contributed by atoms with E-state index in [1.54, 1.807) is 11.3 Å². The highest BCUT2D eigenvalue weighted by molar-refractivity contribution is 7.07. The molecule has 0 saturated carbocycles. The van der Waals surface area contributed by atoms with E-state index in [9.17, 15) is 0 Å². The van der Waals surface area contributed by atoms with Crippen molar-refractivity contribution in [3.8, 4) is 0 Å². The summed E-state index contributed by atoms with van der Waals surface area (Å²) in [6.45, 7) is 3.46. The fourth-order valence-corrected chi connectivity index (χ4v) is 3.07. The van der Waals surface area contributed by atoms with E-state index in [0.29, 0.717) is 0 Å². The van der Waals surface area contributed by atoms with Gasteiger partial charge in [0.15, 0.2) is 0 Å². The highest BCUT2D eigenvalue weighted by Gasteiger charge is 2.17. The van der Waals surface area contributed by atoms with Crippen molar-refractivity contribution in [3.05, 3.63) is 22.4 Å². The maximum Gasteiger partial charge on any atom is 0.0213 e. The maximum absolute atomic E-state index is 3.54. The molecule has 2 heterocycles. The molecule has 1 atom stereocenters. The van der Waals surface area contributed by atoms with Crippen molar-refractivity contribution < 1.29 is 0 Å². The van der Waals surface area contributed by atoms with E-state index in [0.717, 1.165) is 19.1 Å². The Balaban J connectivity index is 1.60. The van der Waals surface area contributed by atoms with Gasteiger partial charge >= 0.3 is 0 Å². The minimum absolute atomic E-state index is 0.809. The summed E-state index contributed by atoms with van der Waals surface area (Å²) in [6, 6.07) is 3.01. The summed E-state index contributed by atoms with van der Waals surface area (Å²) in [6.07, 6.45) is 5.48. The number of likely N-dealkylation sites (tertiary alicyclic amines) is 1. The molecule has 1 unspecified atom stereocenters. The predicted octanol–water partition coefficient (Wildman–Crippen LogP) is 2.71. The zero-order valence-electron chi connectivity index (χ0n) is 10.1. The van der Waals surface area contributed by atoms with Crippen LogP contribution >= 0.6 is 11.3 Å². The topological polar surface area (TPSA) is 15.3 Å². The van der Waals surface area contributed by atoms with Crippen molar-refractivity contribution in [1.82, 2.24) is 10.2 Å². The Kier molecular flexibility index (Phi) is 4.82. The van der Waals surface area contributed by atoms with Crippen LogP contribution in [0.1, 0.15) is 31.2 Å². The molecule has 0 amide bonds. The first-order valence-corrected chi connectivity index (χ1v) is 7.22. The molecule has 0 spiro atoms. The molecule has 90 valence electrons. The van der Waals surface area contributed by atoms with Gasteiger partial charge in [0.25, 0.3) is 0 Å². The molecule has 1 aliphatic rings. The molecular weight excluding hydrogens is 216 g/mol. The van der Waals surface area contributed by atoms with Crippen molar-refractivity contribution in [1.29, 1.82) is 0 Å². The smallest absolute Gasteiger partial charge is 0.0213 e. The number of hydrogen-bond acceptors (Lipinski definition) is 3. The summed E-state index contributed by atoms with van der Waals surface area (Å²) >= 11 is 1.78. The molecule has 1 aliphatic heterocycles. The van der Waals surface area contributed by atoms with E-state index in [2.05, 4.69) is 34.1 Å². The average Bonchev–Trinajstić information content (AvgIpc) is 2.79. The molecule has 0 radical (unpaired) electrons. The molecule has 2 rings (SSSR count). The molecule has 3 heteroatoms. The predicted molar refractivity (Wildman–Crippen MR) is 70.9 cm³/mol. The van der Waals surface area contributed by atoms with Gasteiger partial charge in [0.1, 0.15) is 0 Å². The van der Waals surface area contributed by atoms with Crippen LogP contribution in [-0.2, 0) is 6.54 Å². The second-order valence-corrected chi connectivity index (χ2v) is 5.51. The van der Waals surface area contributed by atoms with Crippen molar-refractivity contribution in [2.75, 3.05) is 20.1 Å². The van der Waals surface area contributed by atoms with E-state index in [1.807, 2.05) is 0 Å². The van der Waals surface area contributed by atoms with E-state index in [4.69, 9.17) is 0 Å². The Labute approximate surface area is 103 Å².